The van der Waals surface area contributed by atoms with E-state index in [0.29, 0.717) is 17.9 Å². The van der Waals surface area contributed by atoms with Crippen molar-refractivity contribution in [3.63, 3.8) is 0 Å². The first kappa shape index (κ1) is 15.1. The van der Waals surface area contributed by atoms with Gasteiger partial charge in [0.05, 0.1) is 17.6 Å². The fraction of sp³-hybridized carbons (Fsp3) is 0.333. The zero-order valence-electron chi connectivity index (χ0n) is 11.7. The summed E-state index contributed by atoms with van der Waals surface area (Å²) in [4.78, 5) is 7.67. The molecule has 0 saturated heterocycles. The van der Waals surface area contributed by atoms with Crippen LogP contribution in [0.2, 0.25) is 0 Å². The maximum absolute atomic E-state index is 11.8. The average molecular weight is 310 g/mol. The molecule has 0 atom stereocenters. The van der Waals surface area contributed by atoms with E-state index in [0.717, 1.165) is 18.4 Å². The Labute approximate surface area is 123 Å². The van der Waals surface area contributed by atoms with Crippen LogP contribution in [0.25, 0.3) is 0 Å². The van der Waals surface area contributed by atoms with Crippen molar-refractivity contribution in [1.82, 2.24) is 0 Å². The lowest BCUT2D eigenvalue weighted by atomic mass is 10.0. The summed E-state index contributed by atoms with van der Waals surface area (Å²) in [5.41, 5.74) is 18.1. The molecule has 1 aliphatic rings. The van der Waals surface area contributed by atoms with Crippen molar-refractivity contribution in [1.29, 1.82) is 0 Å². The lowest BCUT2D eigenvalue weighted by Gasteiger charge is -2.29. The van der Waals surface area contributed by atoms with Crippen LogP contribution in [0.5, 0.6) is 0 Å². The van der Waals surface area contributed by atoms with Crippen LogP contribution in [0.4, 0.5) is 11.4 Å². The Balaban J connectivity index is 2.44. The highest BCUT2D eigenvalue weighted by Crippen LogP contribution is 2.32. The minimum absolute atomic E-state index is 0.0864. The van der Waals surface area contributed by atoms with Gasteiger partial charge >= 0.3 is 0 Å². The zero-order chi connectivity index (χ0) is 15.6. The first-order chi connectivity index (χ1) is 9.77. The summed E-state index contributed by atoms with van der Waals surface area (Å²) in [5.74, 6) is -0.274. The second-order valence-corrected chi connectivity index (χ2v) is 6.67. The summed E-state index contributed by atoms with van der Waals surface area (Å²) >= 11 is 0. The maximum Gasteiger partial charge on any atom is 0.232 e. The highest BCUT2D eigenvalue weighted by atomic mass is 32.2. The molecule has 114 valence electrons. The molecule has 0 fully saturated rings. The van der Waals surface area contributed by atoms with Crippen LogP contribution in [0.1, 0.15) is 12.0 Å². The lowest BCUT2D eigenvalue weighted by molar-refractivity contribution is 0.592. The molecule has 9 heteroatoms. The van der Waals surface area contributed by atoms with Gasteiger partial charge in [0.25, 0.3) is 0 Å². The molecule has 0 saturated carbocycles. The largest absolute Gasteiger partial charge is 0.370 e. The van der Waals surface area contributed by atoms with Crippen molar-refractivity contribution >= 4 is 33.3 Å². The predicted molar refractivity (Wildman–Crippen MR) is 84.0 cm³/mol. The Morgan fingerprint density at radius 1 is 1.29 bits per heavy atom. The van der Waals surface area contributed by atoms with Crippen LogP contribution in [-0.2, 0) is 16.4 Å². The highest BCUT2D eigenvalue weighted by Gasteiger charge is 2.24. The molecule has 1 aliphatic heterocycles. The van der Waals surface area contributed by atoms with Gasteiger partial charge in [0, 0.05) is 6.54 Å². The fourth-order valence-electron chi connectivity index (χ4n) is 2.23. The van der Waals surface area contributed by atoms with Crippen molar-refractivity contribution in [3.8, 4) is 0 Å². The summed E-state index contributed by atoms with van der Waals surface area (Å²) in [6.45, 7) is 0.461. The highest BCUT2D eigenvalue weighted by molar-refractivity contribution is 7.92. The third-order valence-electron chi connectivity index (χ3n) is 3.03. The number of nitrogens with zero attached hydrogens (tertiary/aromatic N) is 3. The number of aliphatic imine (C=N–C) groups is 2. The molecule has 2 rings (SSSR count). The van der Waals surface area contributed by atoms with Gasteiger partial charge in [0.2, 0.25) is 16.0 Å². The molecule has 0 amide bonds. The summed E-state index contributed by atoms with van der Waals surface area (Å²) in [6.07, 6.45) is 2.80. The topological polar surface area (TPSA) is 140 Å². The van der Waals surface area contributed by atoms with Crippen LogP contribution >= 0.6 is 0 Å². The number of hydrogen-bond acceptors (Lipinski definition) is 3. The summed E-state index contributed by atoms with van der Waals surface area (Å²) < 4.78 is 25.1. The fourth-order valence-corrected chi connectivity index (χ4v) is 3.22. The van der Waals surface area contributed by atoms with E-state index in [1.54, 1.807) is 12.1 Å². The SMILES string of the molecule is CS(=O)(=O)N1CCCc2ccc(N=C(N)N=C(N)N)cc21. The Hall–Kier alpha value is -2.29. The molecule has 1 aromatic carbocycles. The van der Waals surface area contributed by atoms with Crippen LogP contribution in [0.15, 0.2) is 28.2 Å². The molecule has 8 nitrogen and oxygen atoms in total. The molecular formula is C12H18N6O2S. The van der Waals surface area contributed by atoms with E-state index in [-0.39, 0.29) is 11.9 Å². The number of rotatable bonds is 2. The van der Waals surface area contributed by atoms with Gasteiger partial charge in [-0.1, -0.05) is 6.07 Å². The third-order valence-corrected chi connectivity index (χ3v) is 4.21. The van der Waals surface area contributed by atoms with Crippen LogP contribution < -0.4 is 21.5 Å². The number of sulfonamides is 1. The minimum atomic E-state index is -3.32. The molecule has 0 aromatic heterocycles. The Kier molecular flexibility index (Phi) is 4.03. The maximum atomic E-state index is 11.8. The van der Waals surface area contributed by atoms with Gasteiger partial charge in [0.1, 0.15) is 0 Å². The first-order valence-electron chi connectivity index (χ1n) is 6.32. The molecule has 0 radical (unpaired) electrons. The standard InChI is InChI=1S/C12H18N6O2S/c1-21(19,20)18-6-2-3-8-4-5-9(7-10(8)18)16-12(15)17-11(13)14/h4-5,7H,2-3,6H2,1H3,(H6,13,14,15,16,17). The van der Waals surface area contributed by atoms with Crippen molar-refractivity contribution in [2.45, 2.75) is 12.8 Å². The monoisotopic (exact) mass is 310 g/mol. The van der Waals surface area contributed by atoms with E-state index < -0.39 is 10.0 Å². The van der Waals surface area contributed by atoms with Crippen molar-refractivity contribution in [2.24, 2.45) is 27.2 Å². The summed E-state index contributed by atoms with van der Waals surface area (Å²) in [7, 11) is -3.32. The van der Waals surface area contributed by atoms with Crippen LogP contribution in [0.3, 0.4) is 0 Å². The van der Waals surface area contributed by atoms with E-state index in [2.05, 4.69) is 9.98 Å². The Morgan fingerprint density at radius 3 is 2.62 bits per heavy atom. The Morgan fingerprint density at radius 2 is 2.00 bits per heavy atom. The number of hydrogen-bond donors (Lipinski definition) is 3. The predicted octanol–water partition coefficient (Wildman–Crippen LogP) is -0.382. The van der Waals surface area contributed by atoms with Crippen molar-refractivity contribution in [2.75, 3.05) is 17.1 Å². The van der Waals surface area contributed by atoms with E-state index in [1.165, 1.54) is 10.6 Å². The summed E-state index contributed by atoms with van der Waals surface area (Å²) in [5, 5.41) is 0. The number of aryl methyl sites for hydroxylation is 1. The van der Waals surface area contributed by atoms with Gasteiger partial charge < -0.3 is 17.2 Å². The molecule has 21 heavy (non-hydrogen) atoms. The van der Waals surface area contributed by atoms with Gasteiger partial charge in [-0.15, -0.1) is 0 Å². The molecule has 1 aromatic rings. The van der Waals surface area contributed by atoms with E-state index in [9.17, 15) is 8.42 Å². The smallest absolute Gasteiger partial charge is 0.232 e. The second kappa shape index (κ2) is 5.60. The molecule has 6 N–H and O–H groups in total. The number of guanidine groups is 2. The van der Waals surface area contributed by atoms with E-state index in [4.69, 9.17) is 17.2 Å². The van der Waals surface area contributed by atoms with Gasteiger partial charge in [-0.05, 0) is 30.5 Å². The first-order valence-corrected chi connectivity index (χ1v) is 8.16. The Bertz CT molecular complexity index is 706. The molecule has 0 spiro atoms. The average Bonchev–Trinajstić information content (AvgIpc) is 2.35. The molecule has 0 unspecified atom stereocenters. The minimum Gasteiger partial charge on any atom is -0.370 e. The van der Waals surface area contributed by atoms with Gasteiger partial charge in [0.15, 0.2) is 5.96 Å². The number of anilines is 1. The normalized spacial score (nSPS) is 15.5. The number of nitrogens with two attached hydrogens (primary N) is 3. The summed E-state index contributed by atoms with van der Waals surface area (Å²) in [6, 6.07) is 5.26. The van der Waals surface area contributed by atoms with Gasteiger partial charge in [-0.2, -0.15) is 4.99 Å². The quantitative estimate of drug-likeness (QED) is 0.504. The van der Waals surface area contributed by atoms with Gasteiger partial charge in [-0.25, -0.2) is 13.4 Å². The molecular weight excluding hydrogens is 292 g/mol. The number of fused-ring (bicyclic) bond motifs is 1. The zero-order valence-corrected chi connectivity index (χ0v) is 12.5. The molecule has 0 aliphatic carbocycles. The number of benzene rings is 1. The van der Waals surface area contributed by atoms with Gasteiger partial charge in [-0.3, -0.25) is 4.31 Å². The van der Waals surface area contributed by atoms with E-state index >= 15 is 0 Å². The van der Waals surface area contributed by atoms with E-state index in [1.807, 2.05) is 6.07 Å². The lowest BCUT2D eigenvalue weighted by Crippen LogP contribution is -2.34. The van der Waals surface area contributed by atoms with Crippen LogP contribution in [-0.4, -0.2) is 33.1 Å². The third kappa shape index (κ3) is 3.63. The second-order valence-electron chi connectivity index (χ2n) is 4.76. The van der Waals surface area contributed by atoms with Crippen molar-refractivity contribution in [3.05, 3.63) is 23.8 Å². The molecule has 1 heterocycles. The van der Waals surface area contributed by atoms with Crippen molar-refractivity contribution < 1.29 is 8.42 Å². The van der Waals surface area contributed by atoms with Crippen LogP contribution in [0, 0.1) is 0 Å². The molecule has 0 bridgehead atoms.